The number of ether oxygens (including phenoxy) is 3. The van der Waals surface area contributed by atoms with Gasteiger partial charge in [-0.05, 0) is 55.2 Å². The minimum absolute atomic E-state index is 0.126. The van der Waals surface area contributed by atoms with Crippen molar-refractivity contribution in [2.45, 2.75) is 19.3 Å². The van der Waals surface area contributed by atoms with Crippen LogP contribution in [-0.4, -0.2) is 40.2 Å². The second-order valence-electron chi connectivity index (χ2n) is 6.75. The average Bonchev–Trinajstić information content (AvgIpc) is 2.77. The maximum atomic E-state index is 12.6. The Bertz CT molecular complexity index is 811. The zero-order chi connectivity index (χ0) is 19.9. The molecule has 1 saturated heterocycles. The first-order valence-electron chi connectivity index (χ1n) is 9.53. The van der Waals surface area contributed by atoms with Crippen LogP contribution in [0.2, 0.25) is 0 Å². The van der Waals surface area contributed by atoms with Gasteiger partial charge in [0, 0.05) is 24.3 Å². The normalized spacial score (nSPS) is 14.2. The van der Waals surface area contributed by atoms with E-state index >= 15 is 0 Å². The molecule has 1 aliphatic rings. The molecule has 0 atom stereocenters. The monoisotopic (exact) mass is 381 g/mol. The van der Waals surface area contributed by atoms with E-state index in [4.69, 9.17) is 14.2 Å². The third-order valence-corrected chi connectivity index (χ3v) is 4.99. The second kappa shape index (κ2) is 9.31. The molecule has 28 heavy (non-hydrogen) atoms. The Hall–Kier alpha value is -2.95. The van der Waals surface area contributed by atoms with Crippen molar-refractivity contribution in [1.82, 2.24) is 0 Å². The van der Waals surface area contributed by atoms with E-state index in [1.54, 1.807) is 18.2 Å². The van der Waals surface area contributed by atoms with Gasteiger partial charge in [-0.15, -0.1) is 0 Å². The molecule has 148 valence electrons. The van der Waals surface area contributed by atoms with E-state index < -0.39 is 0 Å². The van der Waals surface area contributed by atoms with Crippen LogP contribution in [-0.2, 0) is 0 Å². The van der Waals surface area contributed by atoms with Crippen molar-refractivity contribution in [2.24, 2.45) is 0 Å². The lowest BCUT2D eigenvalue weighted by atomic mass is 10.1. The fourth-order valence-corrected chi connectivity index (χ4v) is 3.44. The number of carbonyl (C=O) groups is 1. The predicted octanol–water partition coefficient (Wildman–Crippen LogP) is 4.60. The highest BCUT2D eigenvalue weighted by Crippen LogP contribution is 2.38. The maximum absolute atomic E-state index is 12.6. The van der Waals surface area contributed by atoms with Crippen LogP contribution in [0, 0.1) is 0 Å². The fraction of sp³-hybridized carbons (Fsp3) is 0.348. The Labute approximate surface area is 166 Å². The first-order chi connectivity index (χ1) is 13.7. The fourth-order valence-electron chi connectivity index (χ4n) is 3.44. The molecule has 0 radical (unpaired) electrons. The van der Waals surface area contributed by atoms with Crippen molar-refractivity contribution >= 4 is 17.5 Å². The molecule has 1 fully saturated rings. The molecular weight excluding hydrogens is 354 g/mol. The number of anilines is 1. The number of hydrogen-bond acceptors (Lipinski definition) is 5. The van der Waals surface area contributed by atoms with E-state index in [1.165, 1.54) is 46.3 Å². The van der Waals surface area contributed by atoms with Crippen molar-refractivity contribution in [3.8, 4) is 17.2 Å². The molecule has 5 nitrogen and oxygen atoms in total. The predicted molar refractivity (Wildman–Crippen MR) is 112 cm³/mol. The number of carbonyl (C=O) groups excluding carboxylic acids is 1. The number of methoxy groups -OCH3 is 3. The molecule has 0 bridgehead atoms. The van der Waals surface area contributed by atoms with Crippen molar-refractivity contribution in [2.75, 3.05) is 39.3 Å². The molecule has 1 aliphatic heterocycles. The number of piperidine rings is 1. The molecule has 3 rings (SSSR count). The van der Waals surface area contributed by atoms with E-state index in [1.807, 2.05) is 18.2 Å². The third-order valence-electron chi connectivity index (χ3n) is 4.99. The van der Waals surface area contributed by atoms with Crippen molar-refractivity contribution in [3.05, 3.63) is 53.6 Å². The van der Waals surface area contributed by atoms with Gasteiger partial charge in [-0.2, -0.15) is 0 Å². The lowest BCUT2D eigenvalue weighted by Gasteiger charge is -2.28. The largest absolute Gasteiger partial charge is 0.493 e. The molecule has 0 aliphatic carbocycles. The van der Waals surface area contributed by atoms with Crippen molar-refractivity contribution in [3.63, 3.8) is 0 Å². The molecular formula is C23H27NO4. The highest BCUT2D eigenvalue weighted by atomic mass is 16.5. The summed E-state index contributed by atoms with van der Waals surface area (Å²) in [6.45, 7) is 2.24. The maximum Gasteiger partial charge on any atom is 0.203 e. The summed E-state index contributed by atoms with van der Waals surface area (Å²) in [4.78, 5) is 15.0. The summed E-state index contributed by atoms with van der Waals surface area (Å²) in [5.74, 6) is 1.27. The molecule has 2 aromatic carbocycles. The number of benzene rings is 2. The van der Waals surface area contributed by atoms with Gasteiger partial charge in [0.05, 0.1) is 21.3 Å². The van der Waals surface area contributed by atoms with E-state index in [0.29, 0.717) is 22.8 Å². The van der Waals surface area contributed by atoms with Crippen LogP contribution >= 0.6 is 0 Å². The van der Waals surface area contributed by atoms with Gasteiger partial charge in [-0.25, -0.2) is 0 Å². The van der Waals surface area contributed by atoms with Gasteiger partial charge in [-0.1, -0.05) is 18.2 Å². The topological polar surface area (TPSA) is 48.0 Å². The molecule has 0 saturated carbocycles. The second-order valence-corrected chi connectivity index (χ2v) is 6.75. The zero-order valence-electron chi connectivity index (χ0n) is 16.7. The Kier molecular flexibility index (Phi) is 6.58. The molecule has 5 heteroatoms. The van der Waals surface area contributed by atoms with E-state index in [0.717, 1.165) is 18.7 Å². The summed E-state index contributed by atoms with van der Waals surface area (Å²) in [5.41, 5.74) is 2.71. The summed E-state index contributed by atoms with van der Waals surface area (Å²) in [5, 5.41) is 0. The molecule has 0 N–H and O–H groups in total. The van der Waals surface area contributed by atoms with Gasteiger partial charge >= 0.3 is 0 Å². The van der Waals surface area contributed by atoms with Crippen LogP contribution in [0.5, 0.6) is 17.2 Å². The van der Waals surface area contributed by atoms with Gasteiger partial charge in [0.1, 0.15) is 0 Å². The number of nitrogens with zero attached hydrogens (tertiary/aromatic N) is 1. The van der Waals surface area contributed by atoms with E-state index in [9.17, 15) is 4.79 Å². The minimum atomic E-state index is -0.126. The SMILES string of the molecule is COc1cc(C(=O)C=Cc2ccc(N3CCCCC3)cc2)cc(OC)c1OC. The Morgan fingerprint density at radius 1 is 0.893 bits per heavy atom. The van der Waals surface area contributed by atoms with E-state index in [2.05, 4.69) is 17.0 Å². The average molecular weight is 381 g/mol. The lowest BCUT2D eigenvalue weighted by Crippen LogP contribution is -2.29. The molecule has 1 heterocycles. The summed E-state index contributed by atoms with van der Waals surface area (Å²) < 4.78 is 15.9. The van der Waals surface area contributed by atoms with Crippen LogP contribution in [0.4, 0.5) is 5.69 Å². The number of hydrogen-bond donors (Lipinski definition) is 0. The Balaban J connectivity index is 1.74. The zero-order valence-corrected chi connectivity index (χ0v) is 16.7. The van der Waals surface area contributed by atoms with Gasteiger partial charge in [-0.3, -0.25) is 4.79 Å². The van der Waals surface area contributed by atoms with Crippen molar-refractivity contribution in [1.29, 1.82) is 0 Å². The third kappa shape index (κ3) is 4.47. The summed E-state index contributed by atoms with van der Waals surface area (Å²) in [6, 6.07) is 11.6. The summed E-state index contributed by atoms with van der Waals surface area (Å²) >= 11 is 0. The van der Waals surface area contributed by atoms with Crippen LogP contribution in [0.15, 0.2) is 42.5 Å². The molecule has 2 aromatic rings. The highest BCUT2D eigenvalue weighted by molar-refractivity contribution is 6.07. The Morgan fingerprint density at radius 2 is 1.50 bits per heavy atom. The van der Waals surface area contributed by atoms with Crippen LogP contribution in [0.1, 0.15) is 35.2 Å². The van der Waals surface area contributed by atoms with Crippen LogP contribution in [0.25, 0.3) is 6.08 Å². The first-order valence-corrected chi connectivity index (χ1v) is 9.53. The molecule has 0 aromatic heterocycles. The number of rotatable bonds is 7. The number of ketones is 1. The lowest BCUT2D eigenvalue weighted by molar-refractivity contribution is 0.104. The molecule has 0 amide bonds. The van der Waals surface area contributed by atoms with E-state index in [-0.39, 0.29) is 5.78 Å². The summed E-state index contributed by atoms with van der Waals surface area (Å²) in [7, 11) is 4.60. The Morgan fingerprint density at radius 3 is 2.04 bits per heavy atom. The highest BCUT2D eigenvalue weighted by Gasteiger charge is 2.16. The standard InChI is InChI=1S/C23H27NO4/c1-26-21-15-18(16-22(27-2)23(21)28-3)20(25)12-9-17-7-10-19(11-8-17)24-13-5-4-6-14-24/h7-12,15-16H,4-6,13-14H2,1-3H3. The van der Waals surface area contributed by atoms with Gasteiger partial charge < -0.3 is 19.1 Å². The molecule has 0 unspecified atom stereocenters. The quantitative estimate of drug-likeness (QED) is 0.518. The smallest absolute Gasteiger partial charge is 0.203 e. The van der Waals surface area contributed by atoms with Gasteiger partial charge in [0.2, 0.25) is 5.75 Å². The minimum Gasteiger partial charge on any atom is -0.493 e. The van der Waals surface area contributed by atoms with Gasteiger partial charge in [0.15, 0.2) is 17.3 Å². The van der Waals surface area contributed by atoms with Crippen LogP contribution in [0.3, 0.4) is 0 Å². The first kappa shape index (κ1) is 19.8. The number of allylic oxidation sites excluding steroid dienone is 1. The van der Waals surface area contributed by atoms with Gasteiger partial charge in [0.25, 0.3) is 0 Å². The van der Waals surface area contributed by atoms with Crippen molar-refractivity contribution < 1.29 is 19.0 Å². The molecule has 0 spiro atoms. The summed E-state index contributed by atoms with van der Waals surface area (Å²) in [6.07, 6.45) is 7.22. The van der Waals surface area contributed by atoms with Crippen LogP contribution < -0.4 is 19.1 Å².